The molecule has 5 heavy (non-hydrogen) atoms. The zero-order chi connectivity index (χ0) is 2.00. The van der Waals surface area contributed by atoms with E-state index in [9.17, 15) is 0 Å². The maximum Gasteiger partial charge on any atom is 0 e. The molecule has 30 valence electrons. The summed E-state index contributed by atoms with van der Waals surface area (Å²) in [6, 6.07) is 0. The molecular formula is HBaCuFOY. The monoisotopic (exact) mass is 326 g/mol. The van der Waals surface area contributed by atoms with Gasteiger partial charge < -0.3 is 0 Å². The van der Waals surface area contributed by atoms with Gasteiger partial charge in [0.2, 0.25) is 0 Å². The minimum atomic E-state index is 0. The van der Waals surface area contributed by atoms with Crippen molar-refractivity contribution in [3.05, 3.63) is 0 Å². The molecule has 0 aliphatic rings. The topological polar surface area (TPSA) is 17.1 Å². The zero-order valence-corrected chi connectivity index (χ0v) is 10.6. The van der Waals surface area contributed by atoms with Crippen molar-refractivity contribution in [2.45, 2.75) is 0 Å². The largest absolute Gasteiger partial charge is 0 e. The van der Waals surface area contributed by atoms with Crippen LogP contribution >= 0.6 is 0 Å². The minimum absolute atomic E-state index is 0. The molecule has 0 saturated carbocycles. The summed E-state index contributed by atoms with van der Waals surface area (Å²) < 4.78 is 7.81. The van der Waals surface area contributed by atoms with E-state index in [1.807, 2.05) is 0 Å². The van der Waals surface area contributed by atoms with Gasteiger partial charge in [-0.25, -0.2) is 0 Å². The van der Waals surface area contributed by atoms with E-state index in [0.717, 1.165) is 0 Å². The van der Waals surface area contributed by atoms with Gasteiger partial charge in [-0.2, -0.15) is 0 Å². The Morgan fingerprint density at radius 2 is 1.20 bits per heavy atom. The Kier molecular flexibility index (Phi) is 140. The summed E-state index contributed by atoms with van der Waals surface area (Å²) in [5.74, 6) is 0. The second-order valence-electron chi connectivity index (χ2n) is 0. The molecular weight excluding hydrogens is 325 g/mol. The van der Waals surface area contributed by atoms with E-state index in [4.69, 9.17) is 3.83 Å². The van der Waals surface area contributed by atoms with E-state index in [2.05, 4.69) is 15.9 Å². The molecule has 0 fully saturated rings. The standard InChI is InChI=1S/Ba.Cu.FH.O.Y/h;;1H;;. The molecule has 0 bridgehead atoms. The molecule has 0 atom stereocenters. The summed E-state index contributed by atoms with van der Waals surface area (Å²) >= 11 is 2.94. The van der Waals surface area contributed by atoms with Gasteiger partial charge in [0.25, 0.3) is 0 Å². The van der Waals surface area contributed by atoms with Gasteiger partial charge in [-0.15, -0.1) is 0 Å². The second kappa shape index (κ2) is 28.4. The summed E-state index contributed by atoms with van der Waals surface area (Å²) in [4.78, 5) is 0. The predicted molar refractivity (Wildman–Crippen MR) is 8.94 cm³/mol. The maximum absolute atomic E-state index is 7.81. The quantitative estimate of drug-likeness (QED) is 0.556. The van der Waals surface area contributed by atoms with E-state index >= 15 is 0 Å². The molecule has 0 rings (SSSR count). The van der Waals surface area contributed by atoms with Crippen LogP contribution in [0.15, 0.2) is 0 Å². The van der Waals surface area contributed by atoms with Gasteiger partial charge in [-0.1, -0.05) is 0 Å². The minimum Gasteiger partial charge on any atom is 0 e. The first-order valence-electron chi connectivity index (χ1n) is 0.123. The van der Waals surface area contributed by atoms with Gasteiger partial charge >= 0.3 is 19.8 Å². The van der Waals surface area contributed by atoms with Crippen molar-refractivity contribution in [3.63, 3.8) is 0 Å². The molecule has 0 saturated heterocycles. The van der Waals surface area contributed by atoms with E-state index in [0.29, 0.717) is 0 Å². The summed E-state index contributed by atoms with van der Waals surface area (Å²) in [5, 5.41) is 0. The van der Waals surface area contributed by atoms with Crippen LogP contribution in [0.5, 0.6) is 0 Å². The third-order valence-corrected chi connectivity index (χ3v) is 0. The van der Waals surface area contributed by atoms with Crippen LogP contribution in [0.2, 0.25) is 0 Å². The first-order chi connectivity index (χ1) is 1.00. The zero-order valence-electron chi connectivity index (χ0n) is 2.40. The molecule has 0 unspecified atom stereocenters. The van der Waals surface area contributed by atoms with Gasteiger partial charge in [0.1, 0.15) is 0 Å². The second-order valence-corrected chi connectivity index (χ2v) is 0. The van der Waals surface area contributed by atoms with Crippen LogP contribution in [-0.2, 0) is 52.5 Å². The average Bonchev–Trinajstić information content (AvgIpc) is 1.00. The Balaban J connectivity index is -0.00000000167. The van der Waals surface area contributed by atoms with Crippen molar-refractivity contribution in [3.8, 4) is 0 Å². The van der Waals surface area contributed by atoms with Crippen molar-refractivity contribution in [2.24, 2.45) is 0 Å². The van der Waals surface area contributed by atoms with Gasteiger partial charge in [0, 0.05) is 81.6 Å². The van der Waals surface area contributed by atoms with Gasteiger partial charge in [-0.3, -0.25) is 4.70 Å². The number of halogens is 1. The molecule has 0 aliphatic carbocycles. The van der Waals surface area contributed by atoms with E-state index < -0.39 is 0 Å². The van der Waals surface area contributed by atoms with E-state index in [1.54, 1.807) is 0 Å². The molecule has 0 aromatic heterocycles. The van der Waals surface area contributed by atoms with Crippen molar-refractivity contribution in [1.29, 1.82) is 0 Å². The SMILES string of the molecule is F.[Ba].[O]=[Cu].[Y]. The number of rotatable bonds is 0. The molecule has 0 amide bonds. The Morgan fingerprint density at radius 3 is 1.20 bits per heavy atom. The smallest absolute Gasteiger partial charge is 0 e. The van der Waals surface area contributed by atoms with Crippen molar-refractivity contribution in [2.75, 3.05) is 0 Å². The average molecular weight is 326 g/mol. The van der Waals surface area contributed by atoms with Crippen LogP contribution in [0.4, 0.5) is 4.70 Å². The molecule has 5 heteroatoms. The fourth-order valence-electron chi connectivity index (χ4n) is 0. The normalized spacial score (nSPS) is 1.20. The molecule has 0 aromatic rings. The summed E-state index contributed by atoms with van der Waals surface area (Å²) in [6.07, 6.45) is 0. The Hall–Kier alpha value is 2.92. The Bertz CT molecular complexity index is 11.6. The van der Waals surface area contributed by atoms with Crippen molar-refractivity contribution >= 4 is 48.9 Å². The first kappa shape index (κ1) is 24.7. The van der Waals surface area contributed by atoms with Crippen LogP contribution in [0.1, 0.15) is 0 Å². The van der Waals surface area contributed by atoms with Crippen LogP contribution in [0.25, 0.3) is 0 Å². The molecule has 1 nitrogen and oxygen atoms in total. The van der Waals surface area contributed by atoms with Gasteiger partial charge in [0.15, 0.2) is 0 Å². The summed E-state index contributed by atoms with van der Waals surface area (Å²) in [6.45, 7) is 0. The van der Waals surface area contributed by atoms with Crippen LogP contribution in [0.3, 0.4) is 0 Å². The van der Waals surface area contributed by atoms with Crippen molar-refractivity contribution < 1.29 is 57.2 Å². The molecule has 0 heterocycles. The van der Waals surface area contributed by atoms with Crippen molar-refractivity contribution in [1.82, 2.24) is 0 Å². The molecule has 0 aromatic carbocycles. The predicted octanol–water partition coefficient (Wildman–Crippen LogP) is -0.352. The molecule has 0 N–H and O–H groups in total. The third kappa shape index (κ3) is 19.6. The Labute approximate surface area is 103 Å². The third-order valence-electron chi connectivity index (χ3n) is 0. The van der Waals surface area contributed by atoms with E-state index in [-0.39, 0.29) is 86.3 Å². The molecule has 0 spiro atoms. The molecule has 0 aliphatic heterocycles. The summed E-state index contributed by atoms with van der Waals surface area (Å²) in [7, 11) is 0. The fourth-order valence-corrected chi connectivity index (χ4v) is 0. The van der Waals surface area contributed by atoms with Gasteiger partial charge in [-0.05, 0) is 0 Å². The maximum atomic E-state index is 7.81. The fraction of sp³-hybridized carbons (Fsp3) is 0. The van der Waals surface area contributed by atoms with E-state index in [1.165, 1.54) is 0 Å². The summed E-state index contributed by atoms with van der Waals surface area (Å²) in [5.41, 5.74) is 0. The molecule has 3 radical (unpaired) electrons. The Morgan fingerprint density at radius 1 is 1.20 bits per heavy atom. The van der Waals surface area contributed by atoms with Crippen LogP contribution in [-0.4, -0.2) is 48.9 Å². The van der Waals surface area contributed by atoms with Gasteiger partial charge in [0.05, 0.1) is 0 Å². The number of hydrogen-bond acceptors (Lipinski definition) is 1. The number of hydrogen-bond donors (Lipinski definition) is 0. The van der Waals surface area contributed by atoms with Crippen LogP contribution < -0.4 is 0 Å². The van der Waals surface area contributed by atoms with Crippen LogP contribution in [0, 0.1) is 0 Å². The first-order valence-corrected chi connectivity index (χ1v) is 0.508.